The van der Waals surface area contributed by atoms with Gasteiger partial charge in [0.1, 0.15) is 10.5 Å². The van der Waals surface area contributed by atoms with E-state index in [1.807, 2.05) is 0 Å². The molecule has 0 aromatic carbocycles. The number of hydrogen-bond acceptors (Lipinski definition) is 1. The fraction of sp³-hybridized carbons (Fsp3) is 0.500. The summed E-state index contributed by atoms with van der Waals surface area (Å²) in [5.74, 6) is 0. The van der Waals surface area contributed by atoms with Crippen LogP contribution in [0.2, 0.25) is 0 Å². The molecule has 0 rings (SSSR count). The Morgan fingerprint density at radius 1 is 1.86 bits per heavy atom. The van der Waals surface area contributed by atoms with Crippen molar-refractivity contribution in [2.45, 2.75) is 13.8 Å². The fourth-order valence-corrected chi connectivity index (χ4v) is 2.30. The zero-order valence-electron chi connectivity index (χ0n) is 5.19. The third-order valence-corrected chi connectivity index (χ3v) is 2.88. The second kappa shape index (κ2) is 4.30. The Morgan fingerprint density at radius 3 is 2.57 bits per heavy atom. The van der Waals surface area contributed by atoms with Crippen LogP contribution in [0.3, 0.4) is 0 Å². The zero-order valence-corrected chi connectivity index (χ0v) is 8.61. The monoisotopic (exact) mass is 132 g/mol. The molecule has 0 heterocycles. The normalized spacial score (nSPS) is 14.3. The van der Waals surface area contributed by atoms with E-state index in [4.69, 9.17) is 4.12 Å². The van der Waals surface area contributed by atoms with Crippen LogP contribution in [0.15, 0.2) is 11.3 Å². The van der Waals surface area contributed by atoms with Crippen molar-refractivity contribution in [3.8, 4) is 0 Å². The van der Waals surface area contributed by atoms with Gasteiger partial charge in [0.25, 0.3) is 0 Å². The molecule has 7 heavy (non-hydrogen) atoms. The van der Waals surface area contributed by atoms with Gasteiger partial charge in [0, 0.05) is 0 Å². The molecule has 0 amide bonds. The molecule has 0 saturated heterocycles. The molecular weight excluding hydrogens is 120 g/mol. The Kier molecular flexibility index (Phi) is 4.38. The summed E-state index contributed by atoms with van der Waals surface area (Å²) in [6.07, 6.45) is 2.13. The minimum atomic E-state index is -0.231. The van der Waals surface area contributed by atoms with Crippen molar-refractivity contribution < 1.29 is 4.12 Å². The zero-order chi connectivity index (χ0) is 5.70. The van der Waals surface area contributed by atoms with Crippen LogP contribution in [0.5, 0.6) is 0 Å². The second-order valence-electron chi connectivity index (χ2n) is 1.57. The number of rotatable bonds is 2. The van der Waals surface area contributed by atoms with E-state index in [1.54, 1.807) is 0 Å². The van der Waals surface area contributed by atoms with Crippen LogP contribution in [0.25, 0.3) is 0 Å². The van der Waals surface area contributed by atoms with Gasteiger partial charge in [-0.2, -0.15) is 0 Å². The van der Waals surface area contributed by atoms with Gasteiger partial charge < -0.3 is 4.12 Å². The summed E-state index contributed by atoms with van der Waals surface area (Å²) in [4.78, 5) is 0. The van der Waals surface area contributed by atoms with Gasteiger partial charge in [0.2, 0.25) is 0 Å². The maximum absolute atomic E-state index is 5.10. The van der Waals surface area contributed by atoms with E-state index in [9.17, 15) is 0 Å². The van der Waals surface area contributed by atoms with E-state index < -0.39 is 0 Å². The predicted molar refractivity (Wildman–Crippen MR) is 39.0 cm³/mol. The van der Waals surface area contributed by atoms with E-state index in [1.165, 1.54) is 5.20 Å². The van der Waals surface area contributed by atoms with Gasteiger partial charge in [-0.3, -0.25) is 0 Å². The highest BCUT2D eigenvalue weighted by atomic mass is 28.3. The Hall–Kier alpha value is 0.134. The van der Waals surface area contributed by atoms with E-state index in [-0.39, 0.29) is 9.76 Å². The van der Waals surface area contributed by atoms with Crippen molar-refractivity contribution in [1.82, 2.24) is 0 Å². The van der Waals surface area contributed by atoms with Crippen LogP contribution in [-0.2, 0) is 4.12 Å². The van der Waals surface area contributed by atoms with Gasteiger partial charge in [-0.15, -0.1) is 0 Å². The molecule has 0 aliphatic heterocycles. The van der Waals surface area contributed by atoms with E-state index in [0.717, 1.165) is 10.5 Å². The highest BCUT2D eigenvalue weighted by Crippen LogP contribution is 1.85. The molecule has 0 unspecified atom stereocenters. The molecule has 0 spiro atoms. The summed E-state index contributed by atoms with van der Waals surface area (Å²) in [5, 5.41) is 1.45. The molecule has 0 N–H and O–H groups in total. The summed E-state index contributed by atoms with van der Waals surface area (Å²) in [5.41, 5.74) is 0. The lowest BCUT2D eigenvalue weighted by molar-refractivity contribution is 0.671. The summed E-state index contributed by atoms with van der Waals surface area (Å²) < 4.78 is 5.10. The summed E-state index contributed by atoms with van der Waals surface area (Å²) >= 11 is 0. The third kappa shape index (κ3) is 3.98. The first-order valence-electron chi connectivity index (χ1n) is 2.42. The van der Waals surface area contributed by atoms with Crippen molar-refractivity contribution in [3.05, 3.63) is 11.3 Å². The molecule has 0 atom stereocenters. The van der Waals surface area contributed by atoms with E-state index in [2.05, 4.69) is 19.9 Å². The average molecular weight is 132 g/mol. The molecule has 0 fully saturated rings. The molecule has 0 aliphatic carbocycles. The highest BCUT2D eigenvalue weighted by Gasteiger charge is 1.81. The lowest BCUT2D eigenvalue weighted by atomic mass is 10.6. The first kappa shape index (κ1) is 7.13. The van der Waals surface area contributed by atoms with Crippen molar-refractivity contribution in [3.63, 3.8) is 0 Å². The first-order valence-corrected chi connectivity index (χ1v) is 4.52. The Balaban J connectivity index is 3.17. The van der Waals surface area contributed by atoms with Crippen molar-refractivity contribution in [2.24, 2.45) is 0 Å². The van der Waals surface area contributed by atoms with E-state index in [0.29, 0.717) is 0 Å². The Labute approximate surface area is 50.3 Å². The van der Waals surface area contributed by atoms with Crippen molar-refractivity contribution in [2.75, 3.05) is 0 Å². The van der Waals surface area contributed by atoms with Gasteiger partial charge >= 0.3 is 0 Å². The van der Waals surface area contributed by atoms with Crippen LogP contribution in [0, 0.1) is 0 Å². The highest BCUT2D eigenvalue weighted by molar-refractivity contribution is 6.42. The molecule has 0 aromatic rings. The predicted octanol–water partition coefficient (Wildman–Crippen LogP) is -0.709. The van der Waals surface area contributed by atoms with Crippen LogP contribution in [0.1, 0.15) is 13.8 Å². The maximum Gasteiger partial charge on any atom is 0.173 e. The molecular formula is C4H12OSi2. The summed E-state index contributed by atoms with van der Waals surface area (Å²) in [6.45, 7) is 4.19. The molecule has 3 heteroatoms. The lowest BCUT2D eigenvalue weighted by Crippen LogP contribution is -1.95. The quantitative estimate of drug-likeness (QED) is 0.451. The van der Waals surface area contributed by atoms with Gasteiger partial charge in [-0.1, -0.05) is 11.3 Å². The van der Waals surface area contributed by atoms with Crippen molar-refractivity contribution >= 4 is 20.2 Å². The number of allylic oxidation sites excluding steroid dienone is 2. The van der Waals surface area contributed by atoms with Crippen LogP contribution in [-0.4, -0.2) is 20.2 Å². The molecule has 0 radical (unpaired) electrons. The molecule has 0 aromatic heterocycles. The first-order chi connectivity index (χ1) is 3.31. The third-order valence-electron chi connectivity index (χ3n) is 0.865. The SMILES string of the molecule is CC=C(C)[SiH2]O[SiH3]. The maximum atomic E-state index is 5.10. The van der Waals surface area contributed by atoms with Gasteiger partial charge in [0.05, 0.1) is 0 Å². The molecule has 1 nitrogen and oxygen atoms in total. The largest absolute Gasteiger partial charge is 0.465 e. The molecule has 42 valence electrons. The van der Waals surface area contributed by atoms with E-state index >= 15 is 0 Å². The lowest BCUT2D eigenvalue weighted by Gasteiger charge is -1.92. The molecule has 0 bridgehead atoms. The smallest absolute Gasteiger partial charge is 0.173 e. The average Bonchev–Trinajstić information content (AvgIpc) is 1.68. The fourth-order valence-electron chi connectivity index (χ4n) is 0.311. The van der Waals surface area contributed by atoms with Crippen LogP contribution in [0.4, 0.5) is 0 Å². The minimum Gasteiger partial charge on any atom is -0.465 e. The number of hydrogen-bond donors (Lipinski definition) is 0. The van der Waals surface area contributed by atoms with Crippen LogP contribution >= 0.6 is 0 Å². The molecule has 0 aliphatic rings. The topological polar surface area (TPSA) is 9.23 Å². The minimum absolute atomic E-state index is 0.231. The summed E-state index contributed by atoms with van der Waals surface area (Å²) in [7, 11) is 0.681. The Morgan fingerprint density at radius 2 is 2.43 bits per heavy atom. The van der Waals surface area contributed by atoms with Gasteiger partial charge in [-0.25, -0.2) is 0 Å². The van der Waals surface area contributed by atoms with Gasteiger partial charge in [-0.05, 0) is 13.8 Å². The standard InChI is InChI=1S/C4H12OSi2/c1-3-4(2)7-5-6/h3H,7H2,1-2,6H3. The second-order valence-corrected chi connectivity index (χ2v) is 5.28. The van der Waals surface area contributed by atoms with Gasteiger partial charge in [0.15, 0.2) is 9.76 Å². The molecule has 0 saturated carbocycles. The van der Waals surface area contributed by atoms with Crippen molar-refractivity contribution in [1.29, 1.82) is 0 Å². The summed E-state index contributed by atoms with van der Waals surface area (Å²) in [6, 6.07) is 0. The Bertz CT molecular complexity index is 70.1. The van der Waals surface area contributed by atoms with Crippen LogP contribution < -0.4 is 0 Å².